The van der Waals surface area contributed by atoms with Crippen molar-refractivity contribution in [2.24, 2.45) is 0 Å². The summed E-state index contributed by atoms with van der Waals surface area (Å²) in [5.74, 6) is -1.16. The predicted molar refractivity (Wildman–Crippen MR) is 64.6 cm³/mol. The van der Waals surface area contributed by atoms with E-state index in [4.69, 9.17) is 14.0 Å². The van der Waals surface area contributed by atoms with Crippen LogP contribution in [0.1, 0.15) is 0 Å². The molecular weight excluding hydrogens is 228 g/mol. The van der Waals surface area contributed by atoms with Gasteiger partial charge in [-0.1, -0.05) is 0 Å². The lowest BCUT2D eigenvalue weighted by Crippen LogP contribution is -2.29. The van der Waals surface area contributed by atoms with Crippen LogP contribution in [-0.2, 0) is 13.6 Å². The smallest absolute Gasteiger partial charge is 0.373 e. The highest BCUT2D eigenvalue weighted by atomic mass is 28.4. The lowest BCUT2D eigenvalue weighted by Gasteiger charge is -2.21. The second-order valence-electron chi connectivity index (χ2n) is 5.23. The summed E-state index contributed by atoms with van der Waals surface area (Å²) >= 11 is 0. The molecule has 0 bridgehead atoms. The van der Waals surface area contributed by atoms with Crippen LogP contribution in [0.3, 0.4) is 0 Å². The zero-order valence-electron chi connectivity index (χ0n) is 10.2. The van der Waals surface area contributed by atoms with E-state index in [9.17, 15) is 4.79 Å². The lowest BCUT2D eigenvalue weighted by molar-refractivity contribution is -0.135. The Kier molecular flexibility index (Phi) is 4.60. The van der Waals surface area contributed by atoms with Gasteiger partial charge in [-0.2, -0.15) is 0 Å². The maximum Gasteiger partial charge on any atom is 0.373 e. The second-order valence-corrected chi connectivity index (χ2v) is 14.1. The summed E-state index contributed by atoms with van der Waals surface area (Å²) in [7, 11) is -3.64. The second kappa shape index (κ2) is 4.84. The monoisotopic (exact) mass is 248 g/mol. The number of carboxylic acids is 1. The number of hydrogen-bond donors (Lipinski definition) is 1. The van der Waals surface area contributed by atoms with Crippen LogP contribution < -0.4 is 0 Å². The zero-order chi connectivity index (χ0) is 12.3. The van der Waals surface area contributed by atoms with Crippen LogP contribution in [0, 0.1) is 0 Å². The van der Waals surface area contributed by atoms with Gasteiger partial charge in [0.2, 0.25) is 22.4 Å². The van der Waals surface area contributed by atoms with Crippen molar-refractivity contribution in [2.75, 3.05) is 0 Å². The normalized spacial score (nSPS) is 13.6. The number of hydrogen-bond acceptors (Lipinski definition) is 3. The first-order valence-corrected chi connectivity index (χ1v) is 11.6. The molecule has 6 heteroatoms. The average Bonchev–Trinajstić information content (AvgIpc) is 1.93. The van der Waals surface area contributed by atoms with Crippen molar-refractivity contribution in [3.05, 3.63) is 12.0 Å². The highest BCUT2D eigenvalue weighted by Crippen LogP contribution is 2.12. The van der Waals surface area contributed by atoms with E-state index in [0.717, 1.165) is 0 Å². The van der Waals surface area contributed by atoms with E-state index in [2.05, 4.69) is 0 Å². The molecule has 0 fully saturated rings. The van der Waals surface area contributed by atoms with Crippen molar-refractivity contribution in [3.63, 3.8) is 0 Å². The molecule has 15 heavy (non-hydrogen) atoms. The van der Waals surface area contributed by atoms with E-state index in [1.807, 2.05) is 39.3 Å². The van der Waals surface area contributed by atoms with Gasteiger partial charge in [0.25, 0.3) is 0 Å². The third kappa shape index (κ3) is 8.25. The van der Waals surface area contributed by atoms with Crippen LogP contribution in [0.2, 0.25) is 39.3 Å². The minimum atomic E-state index is -1.89. The number of aliphatic carboxylic acids is 1. The first kappa shape index (κ1) is 14.2. The fourth-order valence-electron chi connectivity index (χ4n) is 0.678. The minimum absolute atomic E-state index is 0.0865. The molecule has 0 spiro atoms. The highest BCUT2D eigenvalue weighted by molar-refractivity contribution is 6.70. The van der Waals surface area contributed by atoms with Crippen molar-refractivity contribution < 1.29 is 18.8 Å². The Labute approximate surface area is 93.2 Å². The summed E-state index contributed by atoms with van der Waals surface area (Å²) < 4.78 is 10.8. The number of rotatable bonds is 5. The van der Waals surface area contributed by atoms with Crippen molar-refractivity contribution in [1.82, 2.24) is 0 Å². The predicted octanol–water partition coefficient (Wildman–Crippen LogP) is 2.62. The van der Waals surface area contributed by atoms with Gasteiger partial charge in [-0.15, -0.1) is 0 Å². The van der Waals surface area contributed by atoms with E-state index < -0.39 is 22.6 Å². The Bertz CT molecular complexity index is 260. The molecule has 0 rings (SSSR count). The van der Waals surface area contributed by atoms with Gasteiger partial charge in [0.15, 0.2) is 0 Å². The summed E-state index contributed by atoms with van der Waals surface area (Å²) in [4.78, 5) is 10.9. The van der Waals surface area contributed by atoms with Gasteiger partial charge in [-0.05, 0) is 39.3 Å². The SMILES string of the molecule is C[Si](C)(C)OC=C(O[Si](C)(C)C)C(=O)O. The third-order valence-corrected chi connectivity index (χ3v) is 2.80. The molecule has 0 atom stereocenters. The fourth-order valence-corrected chi connectivity index (χ4v) is 1.93. The molecule has 0 aliphatic heterocycles. The van der Waals surface area contributed by atoms with Crippen molar-refractivity contribution in [1.29, 1.82) is 0 Å². The molecule has 4 nitrogen and oxygen atoms in total. The van der Waals surface area contributed by atoms with Gasteiger partial charge < -0.3 is 14.0 Å². The summed E-state index contributed by atoms with van der Waals surface area (Å²) in [5, 5.41) is 8.90. The molecule has 88 valence electrons. The van der Waals surface area contributed by atoms with Crippen LogP contribution in [0.25, 0.3) is 0 Å². The molecule has 0 radical (unpaired) electrons. The van der Waals surface area contributed by atoms with Crippen LogP contribution in [0.4, 0.5) is 0 Å². The van der Waals surface area contributed by atoms with Gasteiger partial charge >= 0.3 is 5.97 Å². The summed E-state index contributed by atoms with van der Waals surface area (Å²) in [6, 6.07) is 0. The van der Waals surface area contributed by atoms with E-state index >= 15 is 0 Å². The molecular formula is C9H20O4Si2. The van der Waals surface area contributed by atoms with Gasteiger partial charge in [-0.25, -0.2) is 4.79 Å². The number of carboxylic acid groups (broad SMARTS) is 1. The quantitative estimate of drug-likeness (QED) is 0.461. The molecule has 0 aromatic carbocycles. The van der Waals surface area contributed by atoms with E-state index in [1.54, 1.807) is 0 Å². The van der Waals surface area contributed by atoms with Crippen LogP contribution in [0.15, 0.2) is 12.0 Å². The van der Waals surface area contributed by atoms with Crippen LogP contribution >= 0.6 is 0 Å². The first-order chi connectivity index (χ1) is 6.51. The van der Waals surface area contributed by atoms with Gasteiger partial charge in [0.05, 0.1) is 0 Å². The maximum atomic E-state index is 10.9. The summed E-state index contributed by atoms with van der Waals surface area (Å²) in [5.41, 5.74) is 0. The Hall–Kier alpha value is -0.756. The molecule has 0 unspecified atom stereocenters. The zero-order valence-corrected chi connectivity index (χ0v) is 12.2. The van der Waals surface area contributed by atoms with Crippen LogP contribution in [-0.4, -0.2) is 27.7 Å². The average molecular weight is 248 g/mol. The first-order valence-electron chi connectivity index (χ1n) is 4.81. The Morgan fingerprint density at radius 2 is 1.53 bits per heavy atom. The summed E-state index contributed by atoms with van der Waals surface area (Å²) in [6.07, 6.45) is 1.24. The Morgan fingerprint density at radius 1 is 1.07 bits per heavy atom. The number of carbonyl (C=O) groups is 1. The molecule has 1 N–H and O–H groups in total. The molecule has 0 heterocycles. The minimum Gasteiger partial charge on any atom is -0.547 e. The maximum absolute atomic E-state index is 10.9. The molecule has 0 aliphatic carbocycles. The Morgan fingerprint density at radius 3 is 1.80 bits per heavy atom. The van der Waals surface area contributed by atoms with Crippen molar-refractivity contribution in [3.8, 4) is 0 Å². The molecule has 0 aliphatic rings. The molecule has 0 saturated carbocycles. The van der Waals surface area contributed by atoms with E-state index in [1.165, 1.54) is 6.26 Å². The van der Waals surface area contributed by atoms with Crippen molar-refractivity contribution >= 4 is 22.6 Å². The lowest BCUT2D eigenvalue weighted by atomic mass is 10.6. The van der Waals surface area contributed by atoms with Gasteiger partial charge in [-0.3, -0.25) is 0 Å². The largest absolute Gasteiger partial charge is 0.547 e. The summed E-state index contributed by atoms with van der Waals surface area (Å²) in [6.45, 7) is 11.7. The van der Waals surface area contributed by atoms with E-state index in [-0.39, 0.29) is 5.76 Å². The third-order valence-electron chi connectivity index (χ3n) is 1.15. The van der Waals surface area contributed by atoms with Crippen molar-refractivity contribution in [2.45, 2.75) is 39.3 Å². The Balaban J connectivity index is 4.62. The highest BCUT2D eigenvalue weighted by Gasteiger charge is 2.23. The van der Waals surface area contributed by atoms with E-state index in [0.29, 0.717) is 0 Å². The molecule has 0 aromatic rings. The van der Waals surface area contributed by atoms with Gasteiger partial charge in [0, 0.05) is 0 Å². The fraction of sp³-hybridized carbons (Fsp3) is 0.667. The molecule has 0 amide bonds. The van der Waals surface area contributed by atoms with Crippen LogP contribution in [0.5, 0.6) is 0 Å². The topological polar surface area (TPSA) is 55.8 Å². The standard InChI is InChI=1S/C9H20O4Si2/c1-14(2,3)12-7-8(9(10)11)13-15(4,5)6/h7H,1-6H3,(H,10,11). The van der Waals surface area contributed by atoms with Gasteiger partial charge in [0.1, 0.15) is 6.26 Å². The molecule has 0 saturated heterocycles. The molecule has 0 aromatic heterocycles.